The maximum atomic E-state index is 12.8. The molecule has 0 unspecified atom stereocenters. The third-order valence-electron chi connectivity index (χ3n) is 4.23. The summed E-state index contributed by atoms with van der Waals surface area (Å²) >= 11 is 0. The molecule has 1 aliphatic rings. The van der Waals surface area contributed by atoms with E-state index in [2.05, 4.69) is 10.6 Å². The van der Waals surface area contributed by atoms with Crippen LogP contribution in [0.15, 0.2) is 30.3 Å². The maximum Gasteiger partial charge on any atom is 0.326 e. The minimum Gasteiger partial charge on any atom is -0.480 e. The molecule has 5 heteroatoms. The molecule has 0 aromatic heterocycles. The van der Waals surface area contributed by atoms with Crippen LogP contribution in [-0.4, -0.2) is 36.1 Å². The predicted molar refractivity (Wildman–Crippen MR) is 80.1 cm³/mol. The van der Waals surface area contributed by atoms with Gasteiger partial charge in [-0.3, -0.25) is 4.79 Å². The second kappa shape index (κ2) is 6.72. The molecule has 1 amide bonds. The molecular formula is C16H22N2O3. The van der Waals surface area contributed by atoms with Gasteiger partial charge < -0.3 is 15.7 Å². The Balaban J connectivity index is 2.28. The SMILES string of the molecule is CC[C@@H](NC(=O)C1(c2ccccc2)CCNCC1)C(=O)O. The van der Waals surface area contributed by atoms with Crippen molar-refractivity contribution in [2.24, 2.45) is 0 Å². The van der Waals surface area contributed by atoms with Gasteiger partial charge in [-0.1, -0.05) is 37.3 Å². The number of carbonyl (C=O) groups excluding carboxylic acids is 1. The number of aliphatic carboxylic acids is 1. The number of nitrogens with one attached hydrogen (secondary N) is 2. The van der Waals surface area contributed by atoms with Crippen molar-refractivity contribution in [1.82, 2.24) is 10.6 Å². The molecule has 3 N–H and O–H groups in total. The van der Waals surface area contributed by atoms with Crippen LogP contribution in [0, 0.1) is 0 Å². The van der Waals surface area contributed by atoms with Crippen molar-refractivity contribution < 1.29 is 14.7 Å². The molecule has 1 fully saturated rings. The number of hydrogen-bond acceptors (Lipinski definition) is 3. The molecule has 1 atom stereocenters. The zero-order chi connectivity index (χ0) is 15.3. The highest BCUT2D eigenvalue weighted by molar-refractivity contribution is 5.91. The Morgan fingerprint density at radius 2 is 1.90 bits per heavy atom. The summed E-state index contributed by atoms with van der Waals surface area (Å²) in [6.45, 7) is 3.27. The molecule has 0 spiro atoms. The zero-order valence-electron chi connectivity index (χ0n) is 12.3. The summed E-state index contributed by atoms with van der Waals surface area (Å²) in [7, 11) is 0. The summed E-state index contributed by atoms with van der Waals surface area (Å²) < 4.78 is 0. The quantitative estimate of drug-likeness (QED) is 0.763. The van der Waals surface area contributed by atoms with E-state index in [4.69, 9.17) is 5.11 Å². The van der Waals surface area contributed by atoms with Gasteiger partial charge in [0.25, 0.3) is 0 Å². The number of rotatable bonds is 5. The van der Waals surface area contributed by atoms with Crippen LogP contribution < -0.4 is 10.6 Å². The average Bonchev–Trinajstić information content (AvgIpc) is 2.53. The largest absolute Gasteiger partial charge is 0.480 e. The average molecular weight is 290 g/mol. The molecule has 0 aliphatic carbocycles. The van der Waals surface area contributed by atoms with Gasteiger partial charge in [0.2, 0.25) is 5.91 Å². The first-order chi connectivity index (χ1) is 10.1. The second-order valence-corrected chi connectivity index (χ2v) is 5.47. The second-order valence-electron chi connectivity index (χ2n) is 5.47. The number of amides is 1. The molecule has 1 saturated heterocycles. The van der Waals surface area contributed by atoms with Crippen LogP contribution >= 0.6 is 0 Å². The Hall–Kier alpha value is -1.88. The Morgan fingerprint density at radius 1 is 1.29 bits per heavy atom. The summed E-state index contributed by atoms with van der Waals surface area (Å²) in [6.07, 6.45) is 1.74. The Bertz CT molecular complexity index is 496. The van der Waals surface area contributed by atoms with Crippen molar-refractivity contribution in [3.63, 3.8) is 0 Å². The number of piperidine rings is 1. The van der Waals surface area contributed by atoms with Gasteiger partial charge in [0.1, 0.15) is 6.04 Å². The molecule has 0 bridgehead atoms. The van der Waals surface area contributed by atoms with Crippen molar-refractivity contribution in [2.45, 2.75) is 37.6 Å². The van der Waals surface area contributed by atoms with Gasteiger partial charge >= 0.3 is 5.97 Å². The fraction of sp³-hybridized carbons (Fsp3) is 0.500. The summed E-state index contributed by atoms with van der Waals surface area (Å²) in [6, 6.07) is 8.83. The van der Waals surface area contributed by atoms with Crippen LogP contribution in [0.4, 0.5) is 0 Å². The molecule has 1 aromatic carbocycles. The topological polar surface area (TPSA) is 78.4 Å². The van der Waals surface area contributed by atoms with E-state index in [-0.39, 0.29) is 5.91 Å². The number of hydrogen-bond donors (Lipinski definition) is 3. The normalized spacial score (nSPS) is 18.7. The lowest BCUT2D eigenvalue weighted by Gasteiger charge is -2.37. The molecular weight excluding hydrogens is 268 g/mol. The number of carbonyl (C=O) groups is 2. The van der Waals surface area contributed by atoms with Gasteiger partial charge in [-0.15, -0.1) is 0 Å². The van der Waals surface area contributed by atoms with E-state index < -0.39 is 17.4 Å². The third kappa shape index (κ3) is 3.24. The lowest BCUT2D eigenvalue weighted by molar-refractivity contribution is -0.143. The van der Waals surface area contributed by atoms with Crippen molar-refractivity contribution >= 4 is 11.9 Å². The molecule has 0 radical (unpaired) electrons. The van der Waals surface area contributed by atoms with E-state index >= 15 is 0 Å². The molecule has 5 nitrogen and oxygen atoms in total. The highest BCUT2D eigenvalue weighted by Gasteiger charge is 2.42. The van der Waals surface area contributed by atoms with Gasteiger partial charge in [0, 0.05) is 0 Å². The smallest absolute Gasteiger partial charge is 0.326 e. The monoisotopic (exact) mass is 290 g/mol. The van der Waals surface area contributed by atoms with E-state index in [1.54, 1.807) is 6.92 Å². The van der Waals surface area contributed by atoms with Crippen LogP contribution in [0.1, 0.15) is 31.7 Å². The standard InChI is InChI=1S/C16H22N2O3/c1-2-13(14(19)20)18-15(21)16(8-10-17-11-9-16)12-6-4-3-5-7-12/h3-7,13,17H,2,8-11H2,1H3,(H,18,21)(H,19,20)/t13-/m1/s1. The van der Waals surface area contributed by atoms with Crippen LogP contribution in [0.5, 0.6) is 0 Å². The molecule has 1 aromatic rings. The Kier molecular flexibility index (Phi) is 4.96. The lowest BCUT2D eigenvalue weighted by atomic mass is 9.72. The van der Waals surface area contributed by atoms with E-state index in [1.165, 1.54) is 0 Å². The number of benzene rings is 1. The molecule has 1 aliphatic heterocycles. The highest BCUT2D eigenvalue weighted by Crippen LogP contribution is 2.33. The van der Waals surface area contributed by atoms with Crippen LogP contribution in [0.25, 0.3) is 0 Å². The molecule has 21 heavy (non-hydrogen) atoms. The van der Waals surface area contributed by atoms with Crippen molar-refractivity contribution in [3.05, 3.63) is 35.9 Å². The summed E-state index contributed by atoms with van der Waals surface area (Å²) in [5.41, 5.74) is 0.333. The van der Waals surface area contributed by atoms with Crippen molar-refractivity contribution in [1.29, 1.82) is 0 Å². The van der Waals surface area contributed by atoms with Gasteiger partial charge in [0.15, 0.2) is 0 Å². The van der Waals surface area contributed by atoms with Crippen molar-refractivity contribution in [3.8, 4) is 0 Å². The predicted octanol–water partition coefficient (Wildman–Crippen LogP) is 1.29. The third-order valence-corrected chi connectivity index (χ3v) is 4.23. The van der Waals surface area contributed by atoms with Gasteiger partial charge in [-0.05, 0) is 37.9 Å². The fourth-order valence-electron chi connectivity index (χ4n) is 2.89. The zero-order valence-corrected chi connectivity index (χ0v) is 12.3. The van der Waals surface area contributed by atoms with Crippen molar-refractivity contribution in [2.75, 3.05) is 13.1 Å². The summed E-state index contributed by atoms with van der Waals surface area (Å²) in [5, 5.41) is 15.1. The Morgan fingerprint density at radius 3 is 2.43 bits per heavy atom. The van der Waals surface area contributed by atoms with Crippen LogP contribution in [0.3, 0.4) is 0 Å². The lowest BCUT2D eigenvalue weighted by Crippen LogP contribution is -2.54. The summed E-state index contributed by atoms with van der Waals surface area (Å²) in [5.74, 6) is -1.16. The minimum absolute atomic E-state index is 0.176. The number of carboxylic acids is 1. The van der Waals surface area contributed by atoms with E-state index in [0.29, 0.717) is 19.3 Å². The van der Waals surface area contributed by atoms with Gasteiger partial charge in [0.05, 0.1) is 5.41 Å². The minimum atomic E-state index is -0.983. The Labute approximate surface area is 124 Å². The van der Waals surface area contributed by atoms with E-state index in [1.807, 2.05) is 30.3 Å². The van der Waals surface area contributed by atoms with E-state index in [9.17, 15) is 9.59 Å². The van der Waals surface area contributed by atoms with E-state index in [0.717, 1.165) is 18.7 Å². The molecule has 2 rings (SSSR count). The first-order valence-corrected chi connectivity index (χ1v) is 7.40. The van der Waals surface area contributed by atoms with Crippen LogP contribution in [-0.2, 0) is 15.0 Å². The highest BCUT2D eigenvalue weighted by atomic mass is 16.4. The van der Waals surface area contributed by atoms with Crippen LogP contribution in [0.2, 0.25) is 0 Å². The first-order valence-electron chi connectivity index (χ1n) is 7.40. The fourth-order valence-corrected chi connectivity index (χ4v) is 2.89. The maximum absolute atomic E-state index is 12.8. The molecule has 0 saturated carbocycles. The number of carboxylic acid groups (broad SMARTS) is 1. The summed E-state index contributed by atoms with van der Waals surface area (Å²) in [4.78, 5) is 24.0. The molecule has 1 heterocycles. The first kappa shape index (κ1) is 15.5. The van der Waals surface area contributed by atoms with Gasteiger partial charge in [-0.2, -0.15) is 0 Å². The van der Waals surface area contributed by atoms with Gasteiger partial charge in [-0.25, -0.2) is 4.79 Å². The molecule has 114 valence electrons.